The van der Waals surface area contributed by atoms with E-state index in [2.05, 4.69) is 30.1 Å². The number of aromatic nitrogens is 4. The first-order valence-electron chi connectivity index (χ1n) is 9.60. The van der Waals surface area contributed by atoms with E-state index in [-0.39, 0.29) is 42.6 Å². The average molecular weight is 492 g/mol. The highest BCUT2D eigenvalue weighted by Crippen LogP contribution is 2.39. The Morgan fingerprint density at radius 1 is 1.30 bits per heavy atom. The Kier molecular flexibility index (Phi) is 7.78. The fourth-order valence-corrected chi connectivity index (χ4v) is 3.47. The molecule has 0 aromatic carbocycles. The van der Waals surface area contributed by atoms with Gasteiger partial charge in [-0.3, -0.25) is 13.9 Å². The number of nitrogens with two attached hydrogens (primary N) is 2. The number of imidazole rings is 1. The summed E-state index contributed by atoms with van der Waals surface area (Å²) < 4.78 is 22.2. The number of aliphatic hydroxyl groups is 3. The van der Waals surface area contributed by atoms with Crippen LogP contribution in [0.15, 0.2) is 6.33 Å². The number of anilines is 2. The molecule has 1 saturated heterocycles. The lowest BCUT2D eigenvalue weighted by Gasteiger charge is -2.20. The van der Waals surface area contributed by atoms with Crippen LogP contribution in [0, 0.1) is 0 Å². The Morgan fingerprint density at radius 2 is 2.03 bits per heavy atom. The van der Waals surface area contributed by atoms with Crippen LogP contribution < -0.4 is 22.1 Å². The van der Waals surface area contributed by atoms with Crippen molar-refractivity contribution in [3.05, 3.63) is 6.33 Å². The molecule has 33 heavy (non-hydrogen) atoms. The summed E-state index contributed by atoms with van der Waals surface area (Å²) in [5.74, 6) is -0.425. The third-order valence-corrected chi connectivity index (χ3v) is 5.21. The quantitative estimate of drug-likeness (QED) is 0.143. The lowest BCUT2D eigenvalue weighted by molar-refractivity contribution is -0.120. The molecular weight excluding hydrogens is 467 g/mol. The van der Waals surface area contributed by atoms with Crippen LogP contribution >= 0.6 is 7.82 Å². The van der Waals surface area contributed by atoms with Gasteiger partial charge in [-0.2, -0.15) is 0 Å². The lowest BCUT2D eigenvalue weighted by atomic mass is 10.1. The highest BCUT2D eigenvalue weighted by molar-refractivity contribution is 7.46. The van der Waals surface area contributed by atoms with Gasteiger partial charge < -0.3 is 51.9 Å². The maximum atomic E-state index is 11.2. The predicted octanol–water partition coefficient (Wildman–Crippen LogP) is -4.02. The van der Waals surface area contributed by atoms with Gasteiger partial charge in [-0.05, 0) is 0 Å². The Balaban J connectivity index is 1.84. The van der Waals surface area contributed by atoms with Crippen LogP contribution in [-0.2, 0) is 18.6 Å². The van der Waals surface area contributed by atoms with Gasteiger partial charge >= 0.3 is 7.82 Å². The molecule has 3 rings (SSSR count). The van der Waals surface area contributed by atoms with Gasteiger partial charge in [-0.25, -0.2) is 19.5 Å². The van der Waals surface area contributed by atoms with Gasteiger partial charge in [0.2, 0.25) is 11.9 Å². The number of nitrogens with zero attached hydrogens (tertiary/aromatic N) is 4. The number of fused-ring (bicyclic) bond motifs is 1. The number of carbonyl (C=O) groups is 1. The molecule has 184 valence electrons. The average Bonchev–Trinajstić information content (AvgIpc) is 3.26. The van der Waals surface area contributed by atoms with E-state index in [4.69, 9.17) is 26.0 Å². The minimum absolute atomic E-state index is 0.00646. The van der Waals surface area contributed by atoms with Gasteiger partial charge in [0.1, 0.15) is 24.6 Å². The van der Waals surface area contributed by atoms with Gasteiger partial charge in [0.25, 0.3) is 0 Å². The van der Waals surface area contributed by atoms with Crippen LogP contribution in [0.3, 0.4) is 0 Å². The standard InChI is InChI=1S/C15H25N8O9P/c16-1-8(25)18-2-6(24)3-19-15-22-9-12(17)20-5-21-13(9)23(15)14-11(27)10(26)7(32-14)4-31-33(28,29)30/h5-7,10-11,14,24,26-27H,1-4,16H2,(H,18,25)(H,19,22)(H2,17,20,21)(H2,28,29,30)/t6?,7-,10-,11-,14-/m1/s1. The Labute approximate surface area is 186 Å². The maximum Gasteiger partial charge on any atom is 0.469 e. The van der Waals surface area contributed by atoms with Crippen LogP contribution in [0.1, 0.15) is 6.23 Å². The van der Waals surface area contributed by atoms with Gasteiger partial charge in [0, 0.05) is 13.1 Å². The summed E-state index contributed by atoms with van der Waals surface area (Å²) in [5, 5.41) is 36.2. The summed E-state index contributed by atoms with van der Waals surface area (Å²) in [5.41, 5.74) is 11.3. The highest BCUT2D eigenvalue weighted by Gasteiger charge is 2.46. The van der Waals surface area contributed by atoms with E-state index >= 15 is 0 Å². The van der Waals surface area contributed by atoms with E-state index in [1.165, 1.54) is 4.57 Å². The third-order valence-electron chi connectivity index (χ3n) is 4.72. The van der Waals surface area contributed by atoms with E-state index in [0.29, 0.717) is 0 Å². The van der Waals surface area contributed by atoms with Crippen molar-refractivity contribution < 1.29 is 43.7 Å². The van der Waals surface area contributed by atoms with Crippen molar-refractivity contribution in [1.82, 2.24) is 24.8 Å². The molecule has 11 N–H and O–H groups in total. The molecule has 18 heteroatoms. The zero-order valence-corrected chi connectivity index (χ0v) is 17.9. The summed E-state index contributed by atoms with van der Waals surface area (Å²) in [6, 6.07) is 0. The number of hydrogen-bond acceptors (Lipinski definition) is 13. The molecule has 0 spiro atoms. The van der Waals surface area contributed by atoms with Crippen LogP contribution in [0.4, 0.5) is 11.8 Å². The van der Waals surface area contributed by atoms with E-state index < -0.39 is 51.0 Å². The van der Waals surface area contributed by atoms with E-state index in [1.807, 2.05) is 0 Å². The van der Waals surface area contributed by atoms with Gasteiger partial charge in [0.05, 0.1) is 19.3 Å². The second-order valence-corrected chi connectivity index (χ2v) is 8.35. The minimum Gasteiger partial charge on any atom is -0.389 e. The van der Waals surface area contributed by atoms with E-state index in [9.17, 15) is 24.7 Å². The number of rotatable bonds is 10. The van der Waals surface area contributed by atoms with Crippen molar-refractivity contribution in [3.8, 4) is 0 Å². The van der Waals surface area contributed by atoms with Gasteiger partial charge in [0.15, 0.2) is 23.2 Å². The maximum absolute atomic E-state index is 11.2. The number of carbonyl (C=O) groups excluding carboxylic acids is 1. The van der Waals surface area contributed by atoms with Crippen molar-refractivity contribution in [1.29, 1.82) is 0 Å². The second-order valence-electron chi connectivity index (χ2n) is 7.11. The zero-order valence-electron chi connectivity index (χ0n) is 17.1. The first-order valence-corrected chi connectivity index (χ1v) is 11.1. The van der Waals surface area contributed by atoms with Gasteiger partial charge in [-0.1, -0.05) is 0 Å². The Morgan fingerprint density at radius 3 is 2.70 bits per heavy atom. The van der Waals surface area contributed by atoms with Gasteiger partial charge in [-0.15, -0.1) is 0 Å². The van der Waals surface area contributed by atoms with E-state index in [0.717, 1.165) is 6.33 Å². The summed E-state index contributed by atoms with van der Waals surface area (Å²) in [6.07, 6.45) is -5.66. The number of amides is 1. The molecule has 0 saturated carbocycles. The van der Waals surface area contributed by atoms with Crippen molar-refractivity contribution in [2.75, 3.05) is 37.3 Å². The number of aliphatic hydroxyl groups excluding tert-OH is 3. The third kappa shape index (κ3) is 5.91. The van der Waals surface area contributed by atoms with Crippen molar-refractivity contribution in [2.24, 2.45) is 5.73 Å². The number of hydrogen-bond donors (Lipinski definition) is 9. The Hall–Kier alpha value is -2.47. The fourth-order valence-electron chi connectivity index (χ4n) is 3.13. The first-order chi connectivity index (χ1) is 15.5. The molecular formula is C15H25N8O9P. The van der Waals surface area contributed by atoms with Crippen LogP contribution in [-0.4, -0.2) is 101 Å². The summed E-state index contributed by atoms with van der Waals surface area (Å²) in [7, 11) is -4.84. The second kappa shape index (κ2) is 10.2. The van der Waals surface area contributed by atoms with Crippen molar-refractivity contribution in [2.45, 2.75) is 30.6 Å². The van der Waals surface area contributed by atoms with Crippen LogP contribution in [0.2, 0.25) is 0 Å². The molecule has 0 bridgehead atoms. The first kappa shape index (κ1) is 25.2. The van der Waals surface area contributed by atoms with Crippen LogP contribution in [0.25, 0.3) is 11.2 Å². The lowest BCUT2D eigenvalue weighted by Crippen LogP contribution is -2.39. The highest BCUT2D eigenvalue weighted by atomic mass is 31.2. The molecule has 17 nitrogen and oxygen atoms in total. The molecule has 1 unspecified atom stereocenters. The fraction of sp³-hybridized carbons (Fsp3) is 0.600. The number of phosphoric acid groups is 1. The normalized spacial score (nSPS) is 24.2. The smallest absolute Gasteiger partial charge is 0.389 e. The monoisotopic (exact) mass is 492 g/mol. The molecule has 2 aromatic heterocycles. The molecule has 0 radical (unpaired) electrons. The summed E-state index contributed by atoms with van der Waals surface area (Å²) in [4.78, 5) is 41.2. The number of nitrogens with one attached hydrogen (secondary N) is 2. The van der Waals surface area contributed by atoms with E-state index in [1.54, 1.807) is 0 Å². The minimum atomic E-state index is -4.84. The number of phosphoric ester groups is 1. The molecule has 0 aliphatic carbocycles. The molecule has 1 fully saturated rings. The Bertz CT molecular complexity index is 1030. The zero-order chi connectivity index (χ0) is 24.3. The molecule has 1 aliphatic rings. The SMILES string of the molecule is NCC(=O)NCC(O)CNc1nc2c(N)ncnc2n1[C@@H]1O[C@H](COP(=O)(O)O)[C@@H](O)[C@H]1O. The van der Waals surface area contributed by atoms with Crippen molar-refractivity contribution in [3.63, 3.8) is 0 Å². The summed E-state index contributed by atoms with van der Waals surface area (Å²) >= 11 is 0. The topological polar surface area (TPSA) is 273 Å². The molecule has 2 aromatic rings. The molecule has 1 amide bonds. The molecule has 3 heterocycles. The van der Waals surface area contributed by atoms with Crippen LogP contribution in [0.5, 0.6) is 0 Å². The molecule has 1 aliphatic heterocycles. The molecule has 5 atom stereocenters. The predicted molar refractivity (Wildman–Crippen MR) is 110 cm³/mol. The van der Waals surface area contributed by atoms with Crippen molar-refractivity contribution >= 4 is 36.7 Å². The number of nitrogen functional groups attached to an aromatic ring is 1. The largest absolute Gasteiger partial charge is 0.469 e. The number of ether oxygens (including phenoxy) is 1. The summed E-state index contributed by atoms with van der Waals surface area (Å²) in [6.45, 7) is -1.16.